The summed E-state index contributed by atoms with van der Waals surface area (Å²) in [6.07, 6.45) is -5.26. The number of guanidine groups is 1. The van der Waals surface area contributed by atoms with Crippen LogP contribution in [0.2, 0.25) is 0 Å². The van der Waals surface area contributed by atoms with Crippen molar-refractivity contribution in [1.82, 2.24) is 15.6 Å². The van der Waals surface area contributed by atoms with Crippen LogP contribution in [0.4, 0.5) is 13.2 Å². The van der Waals surface area contributed by atoms with E-state index in [9.17, 15) is 18.3 Å². The Balaban J connectivity index is 0.00000450. The van der Waals surface area contributed by atoms with Gasteiger partial charge in [0.25, 0.3) is 0 Å². The minimum absolute atomic E-state index is 0. The van der Waals surface area contributed by atoms with Crippen LogP contribution in [0.3, 0.4) is 0 Å². The Hall–Kier alpha value is -1.60. The highest BCUT2D eigenvalue weighted by Crippen LogP contribution is 2.30. The number of benzene rings is 1. The number of thiazole rings is 1. The number of aliphatic hydroxyl groups is 1. The third kappa shape index (κ3) is 8.64. The Labute approximate surface area is 195 Å². The number of aryl methyl sites for hydroxylation is 2. The highest BCUT2D eigenvalue weighted by Gasteiger charge is 2.30. The lowest BCUT2D eigenvalue weighted by molar-refractivity contribution is -0.137. The summed E-state index contributed by atoms with van der Waals surface area (Å²) in [6.45, 7) is 7.07. The SMILES string of the molecule is CCNC(=NCc1nc(C)c(C)s1)NCC(O)COc1ccc(C(F)(F)F)cc1.I. The smallest absolute Gasteiger partial charge is 0.416 e. The van der Waals surface area contributed by atoms with Crippen LogP contribution in [-0.2, 0) is 12.7 Å². The quantitative estimate of drug-likeness (QED) is 0.261. The van der Waals surface area contributed by atoms with Crippen LogP contribution in [0, 0.1) is 13.8 Å². The van der Waals surface area contributed by atoms with Gasteiger partial charge in [0.15, 0.2) is 5.96 Å². The van der Waals surface area contributed by atoms with Gasteiger partial charge in [-0.1, -0.05) is 0 Å². The highest BCUT2D eigenvalue weighted by molar-refractivity contribution is 14.0. The first-order chi connectivity index (χ1) is 13.7. The van der Waals surface area contributed by atoms with Crippen molar-refractivity contribution in [2.45, 2.75) is 39.6 Å². The number of nitrogens with one attached hydrogen (secondary N) is 2. The molecule has 0 spiro atoms. The summed E-state index contributed by atoms with van der Waals surface area (Å²) in [5.74, 6) is 0.790. The summed E-state index contributed by atoms with van der Waals surface area (Å²) in [7, 11) is 0. The van der Waals surface area contributed by atoms with Gasteiger partial charge in [-0.05, 0) is 45.0 Å². The molecule has 0 amide bonds. The van der Waals surface area contributed by atoms with Gasteiger partial charge in [0.05, 0.1) is 17.8 Å². The average molecular weight is 558 g/mol. The van der Waals surface area contributed by atoms with Crippen LogP contribution in [0.25, 0.3) is 0 Å². The van der Waals surface area contributed by atoms with Crippen molar-refractivity contribution < 1.29 is 23.0 Å². The molecule has 0 saturated heterocycles. The summed E-state index contributed by atoms with van der Waals surface area (Å²) in [5, 5.41) is 17.1. The Kier molecular flexibility index (Phi) is 10.8. The fraction of sp³-hybridized carbons (Fsp3) is 0.474. The lowest BCUT2D eigenvalue weighted by atomic mass is 10.2. The van der Waals surface area contributed by atoms with E-state index >= 15 is 0 Å². The summed E-state index contributed by atoms with van der Waals surface area (Å²) in [5.41, 5.74) is 0.248. The van der Waals surface area contributed by atoms with Crippen molar-refractivity contribution in [1.29, 1.82) is 0 Å². The van der Waals surface area contributed by atoms with Gasteiger partial charge in [0.1, 0.15) is 23.5 Å². The van der Waals surface area contributed by atoms with Crippen molar-refractivity contribution in [3.05, 3.63) is 45.4 Å². The van der Waals surface area contributed by atoms with Gasteiger partial charge in [-0.25, -0.2) is 9.98 Å². The number of alkyl halides is 3. The van der Waals surface area contributed by atoms with Crippen molar-refractivity contribution in [3.63, 3.8) is 0 Å². The first kappa shape index (κ1) is 26.4. The lowest BCUT2D eigenvalue weighted by Gasteiger charge is -2.16. The zero-order valence-corrected chi connectivity index (χ0v) is 20.1. The number of aliphatic hydroxyl groups excluding tert-OH is 1. The summed E-state index contributed by atoms with van der Waals surface area (Å²) < 4.78 is 43.0. The molecule has 0 saturated carbocycles. The van der Waals surface area contributed by atoms with Gasteiger partial charge in [0.2, 0.25) is 0 Å². The molecule has 30 heavy (non-hydrogen) atoms. The molecule has 0 bridgehead atoms. The van der Waals surface area contributed by atoms with E-state index in [0.717, 1.165) is 27.7 Å². The molecule has 168 valence electrons. The first-order valence-corrected chi connectivity index (χ1v) is 9.94. The van der Waals surface area contributed by atoms with E-state index in [1.165, 1.54) is 12.1 Å². The Morgan fingerprint density at radius 2 is 1.90 bits per heavy atom. The second-order valence-electron chi connectivity index (χ2n) is 6.31. The Morgan fingerprint density at radius 1 is 1.23 bits per heavy atom. The molecule has 6 nitrogen and oxygen atoms in total. The van der Waals surface area contributed by atoms with E-state index in [4.69, 9.17) is 4.74 Å². The fourth-order valence-corrected chi connectivity index (χ4v) is 3.16. The number of hydrogen-bond acceptors (Lipinski definition) is 5. The number of nitrogens with zero attached hydrogens (tertiary/aromatic N) is 2. The van der Waals surface area contributed by atoms with Crippen LogP contribution in [0.15, 0.2) is 29.3 Å². The van der Waals surface area contributed by atoms with Crippen LogP contribution >= 0.6 is 35.3 Å². The average Bonchev–Trinajstić information content (AvgIpc) is 2.99. The molecule has 2 rings (SSSR count). The summed E-state index contributed by atoms with van der Waals surface area (Å²) in [6, 6.07) is 4.34. The predicted octanol–water partition coefficient (Wildman–Crippen LogP) is 3.89. The van der Waals surface area contributed by atoms with E-state index < -0.39 is 17.8 Å². The molecule has 1 atom stereocenters. The normalized spacial score (nSPS) is 12.8. The van der Waals surface area contributed by atoms with Gasteiger partial charge in [-0.15, -0.1) is 35.3 Å². The van der Waals surface area contributed by atoms with Gasteiger partial charge in [-0.2, -0.15) is 13.2 Å². The molecule has 1 aromatic carbocycles. The second kappa shape index (κ2) is 12.3. The van der Waals surface area contributed by atoms with E-state index in [-0.39, 0.29) is 42.9 Å². The van der Waals surface area contributed by atoms with E-state index in [1.54, 1.807) is 11.3 Å². The number of ether oxygens (including phenoxy) is 1. The van der Waals surface area contributed by atoms with E-state index in [1.807, 2.05) is 20.8 Å². The second-order valence-corrected chi connectivity index (χ2v) is 7.60. The minimum atomic E-state index is -4.39. The predicted molar refractivity (Wildman–Crippen MR) is 123 cm³/mol. The molecular formula is C19H26F3IN4O2S. The summed E-state index contributed by atoms with van der Waals surface area (Å²) in [4.78, 5) is 10.0. The molecule has 0 aliphatic rings. The molecule has 1 unspecified atom stereocenters. The number of rotatable bonds is 8. The maximum atomic E-state index is 12.6. The van der Waals surface area contributed by atoms with Crippen molar-refractivity contribution in [2.24, 2.45) is 4.99 Å². The summed E-state index contributed by atoms with van der Waals surface area (Å²) >= 11 is 1.59. The molecule has 0 aliphatic carbocycles. The molecule has 0 radical (unpaired) electrons. The molecule has 1 heterocycles. The largest absolute Gasteiger partial charge is 0.491 e. The highest BCUT2D eigenvalue weighted by atomic mass is 127. The molecule has 11 heteroatoms. The molecule has 3 N–H and O–H groups in total. The van der Waals surface area contributed by atoms with Crippen LogP contribution < -0.4 is 15.4 Å². The van der Waals surface area contributed by atoms with E-state index in [0.29, 0.717) is 19.0 Å². The standard InChI is InChI=1S/C19H25F3N4O2S.HI/c1-4-23-18(25-10-17-26-12(2)13(3)29-17)24-9-15(27)11-28-16-7-5-14(6-8-16)19(20,21)22;/h5-8,15,27H,4,9-11H2,1-3H3,(H2,23,24,25);1H. The molecule has 1 aromatic heterocycles. The van der Waals surface area contributed by atoms with Gasteiger partial charge >= 0.3 is 6.18 Å². The fourth-order valence-electron chi connectivity index (χ4n) is 2.30. The molecular weight excluding hydrogens is 532 g/mol. The topological polar surface area (TPSA) is 78.8 Å². The van der Waals surface area contributed by atoms with Crippen molar-refractivity contribution in [2.75, 3.05) is 19.7 Å². The monoisotopic (exact) mass is 558 g/mol. The number of aromatic nitrogens is 1. The first-order valence-electron chi connectivity index (χ1n) is 9.12. The van der Waals surface area contributed by atoms with Crippen LogP contribution in [0.5, 0.6) is 5.75 Å². The van der Waals surface area contributed by atoms with Gasteiger partial charge in [-0.3, -0.25) is 0 Å². The number of aliphatic imine (C=N–C) groups is 1. The minimum Gasteiger partial charge on any atom is -0.491 e. The Morgan fingerprint density at radius 3 is 2.43 bits per heavy atom. The molecule has 2 aromatic rings. The van der Waals surface area contributed by atoms with Gasteiger partial charge < -0.3 is 20.5 Å². The van der Waals surface area contributed by atoms with E-state index in [2.05, 4.69) is 20.6 Å². The maximum Gasteiger partial charge on any atom is 0.416 e. The third-order valence-corrected chi connectivity index (χ3v) is 4.98. The van der Waals surface area contributed by atoms with Crippen LogP contribution in [-0.4, -0.2) is 41.9 Å². The Bertz CT molecular complexity index is 794. The zero-order chi connectivity index (χ0) is 21.4. The molecule has 0 fully saturated rings. The molecule has 0 aliphatic heterocycles. The zero-order valence-electron chi connectivity index (χ0n) is 16.9. The van der Waals surface area contributed by atoms with Crippen molar-refractivity contribution in [3.8, 4) is 5.75 Å². The number of halogens is 4. The van der Waals surface area contributed by atoms with Crippen molar-refractivity contribution >= 4 is 41.3 Å². The third-order valence-electron chi connectivity index (χ3n) is 3.92. The van der Waals surface area contributed by atoms with Crippen LogP contribution in [0.1, 0.15) is 28.1 Å². The maximum absolute atomic E-state index is 12.6. The number of hydrogen-bond donors (Lipinski definition) is 3. The van der Waals surface area contributed by atoms with Gasteiger partial charge in [0, 0.05) is 18.0 Å². The lowest BCUT2D eigenvalue weighted by Crippen LogP contribution is -2.42.